The molecule has 0 saturated carbocycles. The topological polar surface area (TPSA) is 106 Å². The molecule has 0 unspecified atom stereocenters. The van der Waals surface area contributed by atoms with E-state index in [0.29, 0.717) is 11.4 Å². The van der Waals surface area contributed by atoms with E-state index >= 15 is 0 Å². The normalized spacial score (nSPS) is 13.1. The number of para-hydroxylation sites is 1. The van der Waals surface area contributed by atoms with E-state index in [1.807, 2.05) is 0 Å². The number of nitrogens with zero attached hydrogens (tertiary/aromatic N) is 1. The zero-order valence-corrected chi connectivity index (χ0v) is 15.6. The maximum Gasteiger partial charge on any atom is 0.412 e. The van der Waals surface area contributed by atoms with Gasteiger partial charge in [0.25, 0.3) is 0 Å². The molecule has 1 amide bonds. The minimum Gasteiger partial charge on any atom is -0.453 e. The molecule has 1 aliphatic heterocycles. The van der Waals surface area contributed by atoms with Crippen molar-refractivity contribution in [3.63, 3.8) is 0 Å². The van der Waals surface area contributed by atoms with Crippen LogP contribution in [-0.4, -0.2) is 26.8 Å². The van der Waals surface area contributed by atoms with Crippen molar-refractivity contribution in [2.45, 2.75) is 4.90 Å². The van der Waals surface area contributed by atoms with Crippen LogP contribution in [0.1, 0.15) is 0 Å². The van der Waals surface area contributed by atoms with Gasteiger partial charge in [0.2, 0.25) is 0 Å². The van der Waals surface area contributed by atoms with Gasteiger partial charge in [-0.05, 0) is 30.3 Å². The number of alkyl carbamates (subject to hydrolysis) is 1. The Morgan fingerprint density at radius 2 is 2.04 bits per heavy atom. The van der Waals surface area contributed by atoms with E-state index in [1.165, 1.54) is 37.4 Å². The molecule has 26 heavy (non-hydrogen) atoms. The summed E-state index contributed by atoms with van der Waals surface area (Å²) >= 11 is 6.94. The van der Waals surface area contributed by atoms with Crippen molar-refractivity contribution in [3.05, 3.63) is 47.5 Å². The molecule has 1 aliphatic rings. The van der Waals surface area contributed by atoms with Crippen LogP contribution in [0.2, 0.25) is 5.02 Å². The number of hydrogen-bond donors (Lipinski definition) is 2. The summed E-state index contributed by atoms with van der Waals surface area (Å²) in [7, 11) is -2.84. The van der Waals surface area contributed by atoms with Gasteiger partial charge in [0.1, 0.15) is 4.90 Å². The molecule has 0 bridgehead atoms. The summed E-state index contributed by atoms with van der Waals surface area (Å²) in [5, 5.41) is 2.88. The van der Waals surface area contributed by atoms with E-state index in [4.69, 9.17) is 15.8 Å². The number of hydrogen-bond acceptors (Lipinski definition) is 8. The van der Waals surface area contributed by atoms with E-state index in [-0.39, 0.29) is 20.8 Å². The Kier molecular flexibility index (Phi) is 5.25. The molecule has 0 atom stereocenters. The molecule has 1 heterocycles. The van der Waals surface area contributed by atoms with Crippen molar-refractivity contribution >= 4 is 56.3 Å². The van der Waals surface area contributed by atoms with Gasteiger partial charge in [0, 0.05) is 11.9 Å². The van der Waals surface area contributed by atoms with Crippen LogP contribution in [0.25, 0.3) is 0 Å². The molecule has 0 aromatic heterocycles. The zero-order chi connectivity index (χ0) is 18.7. The number of methoxy groups -OCH3 is 1. The first kappa shape index (κ1) is 18.4. The van der Waals surface area contributed by atoms with Crippen LogP contribution < -0.4 is 14.2 Å². The highest BCUT2D eigenvalue weighted by Gasteiger charge is 2.22. The first-order chi connectivity index (χ1) is 12.4. The number of anilines is 1. The number of carbonyl (C=O) groups excluding carboxylic acids is 1. The van der Waals surface area contributed by atoms with E-state index < -0.39 is 16.2 Å². The molecule has 2 aromatic carbocycles. The minimum absolute atomic E-state index is 0.0387. The predicted octanol–water partition coefficient (Wildman–Crippen LogP) is 3.52. The van der Waals surface area contributed by atoms with Gasteiger partial charge in [0.15, 0.2) is 10.9 Å². The smallest absolute Gasteiger partial charge is 0.412 e. The Morgan fingerprint density at radius 3 is 2.77 bits per heavy atom. The summed E-state index contributed by atoms with van der Waals surface area (Å²) in [5.41, 5.74) is 0.904. The number of benzene rings is 2. The zero-order valence-electron chi connectivity index (χ0n) is 13.2. The van der Waals surface area contributed by atoms with Crippen molar-refractivity contribution in [3.8, 4) is 5.75 Å². The van der Waals surface area contributed by atoms with Crippen molar-refractivity contribution in [1.29, 1.82) is 0 Å². The third-order valence-electron chi connectivity index (χ3n) is 3.17. The highest BCUT2D eigenvalue weighted by atomic mass is 35.5. The fourth-order valence-electron chi connectivity index (χ4n) is 1.96. The number of nitrogens with one attached hydrogen (secondary N) is 2. The molecule has 0 saturated heterocycles. The van der Waals surface area contributed by atoms with E-state index in [9.17, 15) is 13.2 Å². The van der Waals surface area contributed by atoms with Crippen LogP contribution in [0.3, 0.4) is 0 Å². The average Bonchev–Trinajstić information content (AvgIpc) is 2.63. The minimum atomic E-state index is -4.08. The van der Waals surface area contributed by atoms with E-state index in [2.05, 4.69) is 19.8 Å². The van der Waals surface area contributed by atoms with Gasteiger partial charge in [-0.3, -0.25) is 5.32 Å². The van der Waals surface area contributed by atoms with Crippen molar-refractivity contribution in [1.82, 2.24) is 5.32 Å². The Morgan fingerprint density at radius 1 is 1.27 bits per heavy atom. The lowest BCUT2D eigenvalue weighted by atomic mass is 10.3. The number of amidine groups is 1. The number of ether oxygens (including phenoxy) is 1. The Hall–Kier alpha value is -2.43. The maximum atomic E-state index is 12.5. The molecule has 3 rings (SSSR count). The van der Waals surface area contributed by atoms with Gasteiger partial charge in [-0.15, -0.1) is 0 Å². The van der Waals surface area contributed by atoms with Crippen molar-refractivity contribution in [2.75, 3.05) is 11.8 Å². The molecule has 136 valence electrons. The third-order valence-corrected chi connectivity index (χ3v) is 5.42. The Balaban J connectivity index is 1.85. The second-order valence-corrected chi connectivity index (χ2v) is 7.63. The van der Waals surface area contributed by atoms with Gasteiger partial charge in [-0.25, -0.2) is 9.79 Å². The lowest BCUT2D eigenvalue weighted by Gasteiger charge is -2.17. The molecular weight excluding hydrogens is 402 g/mol. The predicted molar refractivity (Wildman–Crippen MR) is 99.6 cm³/mol. The van der Waals surface area contributed by atoms with Crippen LogP contribution in [0.4, 0.5) is 16.2 Å². The first-order valence-corrected chi connectivity index (χ1v) is 9.69. The standard InChI is InChI=1S/C15H12ClN3O5S2/c1-23-15(20)18-14-17-11-7-6-9(8-12(11)19-25-14)26(21,22)24-13-5-3-2-4-10(13)16/h2-8,19H,1H3,(H,17,18,20). The molecule has 0 fully saturated rings. The molecule has 2 aromatic rings. The van der Waals surface area contributed by atoms with Gasteiger partial charge in [0.05, 0.1) is 23.5 Å². The van der Waals surface area contributed by atoms with Crippen molar-refractivity contribution < 1.29 is 22.1 Å². The second kappa shape index (κ2) is 7.44. The van der Waals surface area contributed by atoms with Crippen LogP contribution in [0.5, 0.6) is 5.75 Å². The second-order valence-electron chi connectivity index (χ2n) is 4.88. The van der Waals surface area contributed by atoms with Gasteiger partial charge in [-0.2, -0.15) is 8.42 Å². The average molecular weight is 414 g/mol. The number of amides is 1. The summed E-state index contributed by atoms with van der Waals surface area (Å²) in [4.78, 5) is 15.4. The van der Waals surface area contributed by atoms with Gasteiger partial charge >= 0.3 is 16.2 Å². The van der Waals surface area contributed by atoms with Crippen LogP contribution in [0.15, 0.2) is 52.4 Å². The molecule has 11 heteroatoms. The fourth-order valence-corrected chi connectivity index (χ4v) is 3.80. The highest BCUT2D eigenvalue weighted by Crippen LogP contribution is 2.35. The molecule has 2 N–H and O–H groups in total. The van der Waals surface area contributed by atoms with E-state index in [1.54, 1.807) is 12.1 Å². The lowest BCUT2D eigenvalue weighted by molar-refractivity contribution is 0.177. The lowest BCUT2D eigenvalue weighted by Crippen LogP contribution is -2.29. The molecule has 0 spiro atoms. The monoisotopic (exact) mass is 413 g/mol. The van der Waals surface area contributed by atoms with Gasteiger partial charge < -0.3 is 13.6 Å². The molecule has 0 aliphatic carbocycles. The Labute approximate surface area is 158 Å². The van der Waals surface area contributed by atoms with Gasteiger partial charge in [-0.1, -0.05) is 23.7 Å². The van der Waals surface area contributed by atoms with Crippen LogP contribution in [0, 0.1) is 0 Å². The molecule has 0 radical (unpaired) electrons. The first-order valence-electron chi connectivity index (χ1n) is 7.08. The van der Waals surface area contributed by atoms with Crippen LogP contribution >= 0.6 is 23.5 Å². The quantitative estimate of drug-likeness (QED) is 0.585. The van der Waals surface area contributed by atoms with Crippen LogP contribution in [-0.2, 0) is 14.9 Å². The summed E-state index contributed by atoms with van der Waals surface area (Å²) in [5.74, 6) is 0.0387. The largest absolute Gasteiger partial charge is 0.453 e. The maximum absolute atomic E-state index is 12.5. The van der Waals surface area contributed by atoms with E-state index in [0.717, 1.165) is 11.9 Å². The summed E-state index contributed by atoms with van der Waals surface area (Å²) in [6.07, 6.45) is -0.658. The highest BCUT2D eigenvalue weighted by molar-refractivity contribution is 8.15. The summed E-state index contributed by atoms with van der Waals surface area (Å²) < 4.78 is 37.4. The number of halogens is 1. The molecule has 8 nitrogen and oxygen atoms in total. The number of fused-ring (bicyclic) bond motifs is 1. The SMILES string of the molecule is COC(=O)NC1=Nc2ccc(S(=O)(=O)Oc3ccccc3Cl)cc2NS1. The number of carbonyl (C=O) groups is 1. The number of rotatable bonds is 3. The third kappa shape index (κ3) is 4.03. The summed E-state index contributed by atoms with van der Waals surface area (Å²) in [6.45, 7) is 0. The Bertz CT molecular complexity index is 995. The number of aliphatic imine (C=N–C) groups is 1. The molecular formula is C15H12ClN3O5S2. The fraction of sp³-hybridized carbons (Fsp3) is 0.0667. The summed E-state index contributed by atoms with van der Waals surface area (Å²) in [6, 6.07) is 10.5. The van der Waals surface area contributed by atoms with Crippen molar-refractivity contribution in [2.24, 2.45) is 4.99 Å².